The van der Waals surface area contributed by atoms with Gasteiger partial charge in [0.1, 0.15) is 11.6 Å². The van der Waals surface area contributed by atoms with Crippen LogP contribution in [0.5, 0.6) is 11.5 Å². The summed E-state index contributed by atoms with van der Waals surface area (Å²) in [6.07, 6.45) is 3.37. The van der Waals surface area contributed by atoms with Gasteiger partial charge >= 0.3 is 0 Å². The van der Waals surface area contributed by atoms with Crippen molar-refractivity contribution in [3.63, 3.8) is 0 Å². The monoisotopic (exact) mass is 551 g/mol. The minimum Gasteiger partial charge on any atom is -0.455 e. The van der Waals surface area contributed by atoms with Crippen LogP contribution in [0.25, 0.3) is 10.2 Å². The Morgan fingerprint density at radius 1 is 1.13 bits per heavy atom. The molecular formula is C27H23ClFN5O3S. The van der Waals surface area contributed by atoms with E-state index in [0.717, 1.165) is 25.7 Å². The number of hydrogen-bond donors (Lipinski definition) is 4. The van der Waals surface area contributed by atoms with Crippen molar-refractivity contribution >= 4 is 61.5 Å². The second-order valence-corrected chi connectivity index (χ2v) is 11.0. The fraction of sp³-hybridized carbons (Fsp3) is 0.222. The van der Waals surface area contributed by atoms with Gasteiger partial charge in [0.25, 0.3) is 5.91 Å². The summed E-state index contributed by atoms with van der Waals surface area (Å²) in [5.41, 5.74) is 13.9. The molecule has 0 aliphatic heterocycles. The Kier molecular flexibility index (Phi) is 5.97. The molecule has 2 aliphatic carbocycles. The highest BCUT2D eigenvalue weighted by Crippen LogP contribution is 2.46. The van der Waals surface area contributed by atoms with Crippen molar-refractivity contribution in [1.29, 1.82) is 0 Å². The standard InChI is InChI=1S/C27H23ClFN5O3S/c28-21-15(2-1-3-16(21)27(31)10-11-27)25(36)32-19-12-14(6-7-17(19)29)37-20-9-8-18-23(22(20)30)38-26(33-18)34-24(35)13-4-5-13/h1-3,6-9,12-13H,4-5,10-11,30-31H2,(H,32,36)(H,33,34,35). The number of hydrogen-bond acceptors (Lipinski definition) is 7. The van der Waals surface area contributed by atoms with Crippen LogP contribution in [-0.4, -0.2) is 16.8 Å². The first-order valence-corrected chi connectivity index (χ1v) is 13.3. The third kappa shape index (κ3) is 4.66. The van der Waals surface area contributed by atoms with Crippen LogP contribution >= 0.6 is 22.9 Å². The third-order valence-corrected chi connectivity index (χ3v) is 8.14. The number of anilines is 3. The van der Waals surface area contributed by atoms with Gasteiger partial charge < -0.3 is 26.8 Å². The average Bonchev–Trinajstić information content (AvgIpc) is 3.82. The molecule has 194 valence electrons. The molecule has 0 bridgehead atoms. The highest BCUT2D eigenvalue weighted by molar-refractivity contribution is 7.23. The van der Waals surface area contributed by atoms with E-state index < -0.39 is 17.3 Å². The van der Waals surface area contributed by atoms with Crippen LogP contribution in [-0.2, 0) is 10.3 Å². The predicted molar refractivity (Wildman–Crippen MR) is 146 cm³/mol. The number of ether oxygens (including phenoxy) is 1. The van der Waals surface area contributed by atoms with Crippen LogP contribution in [0.2, 0.25) is 5.02 Å². The Morgan fingerprint density at radius 2 is 1.92 bits per heavy atom. The number of thiazole rings is 1. The maximum Gasteiger partial charge on any atom is 0.257 e. The molecule has 2 fully saturated rings. The van der Waals surface area contributed by atoms with Gasteiger partial charge in [-0.05, 0) is 61.6 Å². The Bertz CT molecular complexity index is 1620. The molecule has 1 aromatic heterocycles. The van der Waals surface area contributed by atoms with Crippen LogP contribution in [0, 0.1) is 11.7 Å². The lowest BCUT2D eigenvalue weighted by atomic mass is 10.0. The van der Waals surface area contributed by atoms with Crippen molar-refractivity contribution < 1.29 is 18.7 Å². The summed E-state index contributed by atoms with van der Waals surface area (Å²) in [7, 11) is 0. The molecule has 2 aliphatic rings. The smallest absolute Gasteiger partial charge is 0.257 e. The first-order valence-electron chi connectivity index (χ1n) is 12.1. The fourth-order valence-corrected chi connectivity index (χ4v) is 5.48. The number of aromatic nitrogens is 1. The molecule has 0 atom stereocenters. The van der Waals surface area contributed by atoms with Gasteiger partial charge in [-0.25, -0.2) is 9.37 Å². The molecule has 11 heteroatoms. The van der Waals surface area contributed by atoms with E-state index in [4.69, 9.17) is 27.8 Å². The molecule has 4 aromatic rings. The number of benzene rings is 3. The number of carbonyl (C=O) groups excluding carboxylic acids is 2. The average molecular weight is 552 g/mol. The first kappa shape index (κ1) is 24.6. The molecule has 2 saturated carbocycles. The summed E-state index contributed by atoms with van der Waals surface area (Å²) in [6.45, 7) is 0. The van der Waals surface area contributed by atoms with E-state index in [2.05, 4.69) is 15.6 Å². The maximum absolute atomic E-state index is 14.6. The summed E-state index contributed by atoms with van der Waals surface area (Å²) >= 11 is 7.74. The molecule has 8 nitrogen and oxygen atoms in total. The van der Waals surface area contributed by atoms with E-state index >= 15 is 0 Å². The second kappa shape index (κ2) is 9.23. The zero-order chi connectivity index (χ0) is 26.6. The molecule has 1 heterocycles. The van der Waals surface area contributed by atoms with Crippen molar-refractivity contribution in [2.75, 3.05) is 16.4 Å². The van der Waals surface area contributed by atoms with Gasteiger partial charge in [-0.15, -0.1) is 0 Å². The molecule has 3 aromatic carbocycles. The molecule has 0 spiro atoms. The van der Waals surface area contributed by atoms with E-state index in [1.165, 1.54) is 29.5 Å². The summed E-state index contributed by atoms with van der Waals surface area (Å²) in [5.74, 6) is -0.595. The number of nitrogens with zero attached hydrogens (tertiary/aromatic N) is 1. The van der Waals surface area contributed by atoms with E-state index in [1.54, 1.807) is 30.3 Å². The van der Waals surface area contributed by atoms with Gasteiger partial charge in [0.05, 0.1) is 32.2 Å². The summed E-state index contributed by atoms with van der Waals surface area (Å²) in [5, 5.41) is 6.13. The lowest BCUT2D eigenvalue weighted by molar-refractivity contribution is -0.117. The van der Waals surface area contributed by atoms with E-state index in [0.29, 0.717) is 32.3 Å². The maximum atomic E-state index is 14.6. The number of nitrogens with two attached hydrogens (primary N) is 2. The quantitative estimate of drug-likeness (QED) is 0.208. The summed E-state index contributed by atoms with van der Waals surface area (Å²) < 4.78 is 21.2. The van der Waals surface area contributed by atoms with Gasteiger partial charge in [-0.3, -0.25) is 9.59 Å². The first-order chi connectivity index (χ1) is 18.2. The largest absolute Gasteiger partial charge is 0.455 e. The molecule has 6 N–H and O–H groups in total. The molecule has 6 rings (SSSR count). The van der Waals surface area contributed by atoms with Crippen LogP contribution in [0.15, 0.2) is 48.5 Å². The Morgan fingerprint density at radius 3 is 2.66 bits per heavy atom. The van der Waals surface area contributed by atoms with Gasteiger partial charge in [-0.2, -0.15) is 0 Å². The second-order valence-electron chi connectivity index (χ2n) is 9.63. The van der Waals surface area contributed by atoms with Crippen LogP contribution in [0.3, 0.4) is 0 Å². The van der Waals surface area contributed by atoms with Crippen molar-refractivity contribution in [3.8, 4) is 11.5 Å². The molecule has 0 saturated heterocycles. The molecule has 0 radical (unpaired) electrons. The Labute approximate surface area is 226 Å². The summed E-state index contributed by atoms with van der Waals surface area (Å²) in [6, 6.07) is 12.4. The number of rotatable bonds is 7. The van der Waals surface area contributed by atoms with Crippen LogP contribution in [0.1, 0.15) is 41.6 Å². The minimum atomic E-state index is -0.641. The van der Waals surface area contributed by atoms with Crippen LogP contribution in [0.4, 0.5) is 20.9 Å². The summed E-state index contributed by atoms with van der Waals surface area (Å²) in [4.78, 5) is 29.5. The zero-order valence-electron chi connectivity index (χ0n) is 20.0. The normalized spacial score (nSPS) is 15.8. The predicted octanol–water partition coefficient (Wildman–Crippen LogP) is 6.01. The zero-order valence-corrected chi connectivity index (χ0v) is 21.6. The number of carbonyl (C=O) groups is 2. The van der Waals surface area contributed by atoms with E-state index in [1.807, 2.05) is 0 Å². The Hall–Kier alpha value is -3.73. The molecule has 0 unspecified atom stereocenters. The van der Waals surface area contributed by atoms with Crippen LogP contribution < -0.4 is 26.8 Å². The SMILES string of the molecule is Nc1c(Oc2ccc(F)c(NC(=O)c3cccc(C4(N)CC4)c3Cl)c2)ccc2nc(NC(=O)C3CC3)sc12. The number of nitrogens with one attached hydrogen (secondary N) is 2. The minimum absolute atomic E-state index is 0.0388. The highest BCUT2D eigenvalue weighted by atomic mass is 35.5. The van der Waals surface area contributed by atoms with Crippen molar-refractivity contribution in [2.24, 2.45) is 11.7 Å². The van der Waals surface area contributed by atoms with Gasteiger partial charge in [0.15, 0.2) is 10.9 Å². The topological polar surface area (TPSA) is 132 Å². The van der Waals surface area contributed by atoms with Crippen molar-refractivity contribution in [1.82, 2.24) is 4.98 Å². The van der Waals surface area contributed by atoms with Gasteiger partial charge in [0.2, 0.25) is 5.91 Å². The van der Waals surface area contributed by atoms with Gasteiger partial charge in [-0.1, -0.05) is 35.1 Å². The van der Waals surface area contributed by atoms with Crippen molar-refractivity contribution in [2.45, 2.75) is 31.2 Å². The number of halogens is 2. The number of nitrogen functional groups attached to an aromatic ring is 1. The third-order valence-electron chi connectivity index (χ3n) is 6.72. The fourth-order valence-electron chi connectivity index (χ4n) is 4.17. The van der Waals surface area contributed by atoms with E-state index in [9.17, 15) is 14.0 Å². The highest BCUT2D eigenvalue weighted by Gasteiger charge is 2.42. The van der Waals surface area contributed by atoms with E-state index in [-0.39, 0.29) is 33.8 Å². The number of fused-ring (bicyclic) bond motifs is 1. The molecule has 2 amide bonds. The lowest BCUT2D eigenvalue weighted by Crippen LogP contribution is -2.21. The molecular weight excluding hydrogens is 529 g/mol. The van der Waals surface area contributed by atoms with Crippen molar-refractivity contribution in [3.05, 3.63) is 70.5 Å². The van der Waals surface area contributed by atoms with Gasteiger partial charge in [0, 0.05) is 17.5 Å². The lowest BCUT2D eigenvalue weighted by Gasteiger charge is -2.15. The number of amides is 2. The Balaban J connectivity index is 1.22. The molecule has 38 heavy (non-hydrogen) atoms.